The third kappa shape index (κ3) is 3.74. The zero-order valence-corrected chi connectivity index (χ0v) is 13.9. The second-order valence-corrected chi connectivity index (χ2v) is 5.77. The highest BCUT2D eigenvalue weighted by Crippen LogP contribution is 2.22. The number of carbonyl (C=O) groups excluding carboxylic acids is 2. The first kappa shape index (κ1) is 15.8. The lowest BCUT2D eigenvalue weighted by molar-refractivity contribution is 0.0602. The van der Waals surface area contributed by atoms with Crippen LogP contribution in [0.25, 0.3) is 0 Å². The number of para-hydroxylation sites is 1. The number of amides is 1. The minimum Gasteiger partial charge on any atom is -0.465 e. The second kappa shape index (κ2) is 6.91. The van der Waals surface area contributed by atoms with Gasteiger partial charge in [0.15, 0.2) is 0 Å². The van der Waals surface area contributed by atoms with E-state index in [2.05, 4.69) is 32.6 Å². The molecule has 0 fully saturated rings. The molecule has 0 saturated heterocycles. The molecule has 1 amide bonds. The van der Waals surface area contributed by atoms with E-state index in [1.165, 1.54) is 7.11 Å². The van der Waals surface area contributed by atoms with Crippen molar-refractivity contribution in [1.29, 1.82) is 0 Å². The van der Waals surface area contributed by atoms with Crippen LogP contribution in [0.3, 0.4) is 0 Å². The van der Waals surface area contributed by atoms with Crippen molar-refractivity contribution in [3.8, 4) is 0 Å². The molecule has 0 aromatic heterocycles. The molecule has 2 rings (SSSR count). The van der Waals surface area contributed by atoms with Gasteiger partial charge < -0.3 is 10.1 Å². The van der Waals surface area contributed by atoms with Crippen LogP contribution in [0.5, 0.6) is 0 Å². The van der Waals surface area contributed by atoms with Crippen LogP contribution in [0.15, 0.2) is 42.5 Å². The number of esters is 1. The average molecular weight is 416 g/mol. The number of hydrogen-bond acceptors (Lipinski definition) is 3. The Kier molecular flexibility index (Phi) is 5.19. The van der Waals surface area contributed by atoms with Gasteiger partial charge in [-0.2, -0.15) is 0 Å². The largest absolute Gasteiger partial charge is 0.465 e. The maximum atomic E-state index is 12.3. The van der Waals surface area contributed by atoms with Crippen LogP contribution in [0.4, 0.5) is 5.69 Å². The number of benzene rings is 2. The molecule has 0 radical (unpaired) electrons. The molecule has 4 nitrogen and oxygen atoms in total. The minimum absolute atomic E-state index is 0.287. The highest BCUT2D eigenvalue weighted by atomic mass is 127. The zero-order valence-electron chi connectivity index (χ0n) is 11.0. The fourth-order valence-electron chi connectivity index (χ4n) is 1.74. The molecule has 2 aromatic carbocycles. The highest BCUT2D eigenvalue weighted by Gasteiger charge is 2.16. The van der Waals surface area contributed by atoms with Crippen LogP contribution in [0.2, 0.25) is 5.02 Å². The minimum atomic E-state index is -0.514. The van der Waals surface area contributed by atoms with Crippen molar-refractivity contribution in [1.82, 2.24) is 0 Å². The van der Waals surface area contributed by atoms with E-state index in [1.54, 1.807) is 36.4 Å². The van der Waals surface area contributed by atoms with Crippen molar-refractivity contribution in [3.63, 3.8) is 0 Å². The monoisotopic (exact) mass is 415 g/mol. The van der Waals surface area contributed by atoms with Crippen LogP contribution in [-0.4, -0.2) is 19.0 Å². The molecule has 0 aliphatic heterocycles. The summed E-state index contributed by atoms with van der Waals surface area (Å²) in [4.78, 5) is 24.0. The van der Waals surface area contributed by atoms with Crippen molar-refractivity contribution in [3.05, 3.63) is 62.2 Å². The lowest BCUT2D eigenvalue weighted by atomic mass is 10.1. The van der Waals surface area contributed by atoms with Crippen LogP contribution >= 0.6 is 34.2 Å². The lowest BCUT2D eigenvalue weighted by Crippen LogP contribution is -2.16. The quantitative estimate of drug-likeness (QED) is 0.609. The Morgan fingerprint density at radius 1 is 1.14 bits per heavy atom. The number of methoxy groups -OCH3 is 1. The number of nitrogens with one attached hydrogen (secondary N) is 1. The predicted molar refractivity (Wildman–Crippen MR) is 89.9 cm³/mol. The second-order valence-electron chi connectivity index (χ2n) is 4.12. The van der Waals surface area contributed by atoms with E-state index in [1.807, 2.05) is 6.07 Å². The van der Waals surface area contributed by atoms with E-state index in [9.17, 15) is 9.59 Å². The average Bonchev–Trinajstić information content (AvgIpc) is 2.49. The first-order chi connectivity index (χ1) is 10.0. The smallest absolute Gasteiger partial charge is 0.339 e. The Hall–Kier alpha value is -1.60. The normalized spacial score (nSPS) is 10.0. The van der Waals surface area contributed by atoms with Crippen molar-refractivity contribution < 1.29 is 14.3 Å². The summed E-state index contributed by atoms with van der Waals surface area (Å²) in [5, 5.41) is 3.03. The number of halogens is 2. The summed E-state index contributed by atoms with van der Waals surface area (Å²) in [6.07, 6.45) is 0. The predicted octanol–water partition coefficient (Wildman–Crippen LogP) is 3.98. The zero-order chi connectivity index (χ0) is 15.4. The molecule has 0 atom stereocenters. The molecular formula is C15H11ClINO3. The van der Waals surface area contributed by atoms with E-state index in [0.29, 0.717) is 16.3 Å². The lowest BCUT2D eigenvalue weighted by Gasteiger charge is -2.10. The van der Waals surface area contributed by atoms with Crippen molar-refractivity contribution in [2.45, 2.75) is 0 Å². The van der Waals surface area contributed by atoms with E-state index in [0.717, 1.165) is 3.57 Å². The van der Waals surface area contributed by atoms with Gasteiger partial charge >= 0.3 is 5.97 Å². The molecular weight excluding hydrogens is 405 g/mol. The van der Waals surface area contributed by atoms with Gasteiger partial charge in [-0.3, -0.25) is 4.79 Å². The molecule has 1 N–H and O–H groups in total. The standard InChI is InChI=1S/C15H11ClINO3/c1-21-15(20)10-4-2-3-5-13(10)18-14(19)11-8-9(17)6-7-12(11)16/h2-8H,1H3,(H,18,19). The van der Waals surface area contributed by atoms with Crippen LogP contribution in [0.1, 0.15) is 20.7 Å². The van der Waals surface area contributed by atoms with Gasteiger partial charge in [-0.15, -0.1) is 0 Å². The Morgan fingerprint density at radius 3 is 2.57 bits per heavy atom. The van der Waals surface area contributed by atoms with E-state index in [-0.39, 0.29) is 11.5 Å². The maximum Gasteiger partial charge on any atom is 0.339 e. The maximum absolute atomic E-state index is 12.3. The van der Waals surface area contributed by atoms with Crippen LogP contribution in [0, 0.1) is 3.57 Å². The van der Waals surface area contributed by atoms with Gasteiger partial charge in [0.05, 0.1) is 28.9 Å². The topological polar surface area (TPSA) is 55.4 Å². The summed E-state index contributed by atoms with van der Waals surface area (Å²) in [6.45, 7) is 0. The van der Waals surface area contributed by atoms with Gasteiger partial charge in [-0.1, -0.05) is 23.7 Å². The summed E-state index contributed by atoms with van der Waals surface area (Å²) in [6, 6.07) is 11.8. The van der Waals surface area contributed by atoms with Crippen molar-refractivity contribution in [2.24, 2.45) is 0 Å². The SMILES string of the molecule is COC(=O)c1ccccc1NC(=O)c1cc(I)ccc1Cl. The van der Waals surface area contributed by atoms with E-state index < -0.39 is 5.97 Å². The summed E-state index contributed by atoms with van der Waals surface area (Å²) in [5.41, 5.74) is 1.02. The Balaban J connectivity index is 2.32. The van der Waals surface area contributed by atoms with Gasteiger partial charge in [0.25, 0.3) is 5.91 Å². The number of anilines is 1. The van der Waals surface area contributed by atoms with E-state index in [4.69, 9.17) is 11.6 Å². The highest BCUT2D eigenvalue weighted by molar-refractivity contribution is 14.1. The van der Waals surface area contributed by atoms with Crippen LogP contribution < -0.4 is 5.32 Å². The van der Waals surface area contributed by atoms with Crippen molar-refractivity contribution in [2.75, 3.05) is 12.4 Å². The molecule has 6 heteroatoms. The Labute approximate surface area is 140 Å². The fourth-order valence-corrected chi connectivity index (χ4v) is 2.44. The first-order valence-electron chi connectivity index (χ1n) is 5.96. The fraction of sp³-hybridized carbons (Fsp3) is 0.0667. The Bertz CT molecular complexity index is 703. The molecule has 0 heterocycles. The molecule has 21 heavy (non-hydrogen) atoms. The molecule has 2 aromatic rings. The Morgan fingerprint density at radius 2 is 1.86 bits per heavy atom. The summed E-state index contributed by atoms with van der Waals surface area (Å²) >= 11 is 8.13. The first-order valence-corrected chi connectivity index (χ1v) is 7.42. The summed E-state index contributed by atoms with van der Waals surface area (Å²) < 4.78 is 5.58. The molecule has 0 aliphatic rings. The van der Waals surface area contributed by atoms with Gasteiger partial charge in [0.1, 0.15) is 0 Å². The summed E-state index contributed by atoms with van der Waals surface area (Å²) in [7, 11) is 1.29. The van der Waals surface area contributed by atoms with Gasteiger partial charge in [0, 0.05) is 3.57 Å². The number of ether oxygens (including phenoxy) is 1. The van der Waals surface area contributed by atoms with E-state index >= 15 is 0 Å². The molecule has 0 saturated carbocycles. The molecule has 0 unspecified atom stereocenters. The van der Waals surface area contributed by atoms with Gasteiger partial charge in [-0.05, 0) is 52.9 Å². The summed E-state index contributed by atoms with van der Waals surface area (Å²) in [5.74, 6) is -0.894. The number of carbonyl (C=O) groups is 2. The van der Waals surface area contributed by atoms with Gasteiger partial charge in [-0.25, -0.2) is 4.79 Å². The molecule has 108 valence electrons. The van der Waals surface area contributed by atoms with Crippen LogP contribution in [-0.2, 0) is 4.74 Å². The number of rotatable bonds is 3. The van der Waals surface area contributed by atoms with Gasteiger partial charge in [0.2, 0.25) is 0 Å². The third-order valence-electron chi connectivity index (χ3n) is 2.75. The number of hydrogen-bond donors (Lipinski definition) is 1. The third-order valence-corrected chi connectivity index (χ3v) is 3.75. The molecule has 0 aliphatic carbocycles. The molecule has 0 bridgehead atoms. The van der Waals surface area contributed by atoms with Crippen molar-refractivity contribution >= 4 is 51.8 Å². The molecule has 0 spiro atoms.